The van der Waals surface area contributed by atoms with Crippen LogP contribution in [0.4, 0.5) is 17.1 Å². The standard InChI is InChI=1S/C20H16ClN3O5S/c1-13-4-2-3-5-19(13)23-30(28,29)16-9-6-14(7-10-16)22-20(25)17-11-8-15(24(26)27)12-18(17)21/h2-12,23H,1H3,(H,22,25). The molecule has 0 atom stereocenters. The molecule has 0 aromatic heterocycles. The molecule has 1 amide bonds. The third-order valence-electron chi connectivity index (χ3n) is 4.22. The van der Waals surface area contributed by atoms with E-state index in [0.717, 1.165) is 11.6 Å². The molecule has 0 saturated heterocycles. The van der Waals surface area contributed by atoms with Crippen molar-refractivity contribution in [1.29, 1.82) is 0 Å². The van der Waals surface area contributed by atoms with Gasteiger partial charge >= 0.3 is 0 Å². The molecular weight excluding hydrogens is 430 g/mol. The number of sulfonamides is 1. The summed E-state index contributed by atoms with van der Waals surface area (Å²) in [5.41, 5.74) is 1.42. The largest absolute Gasteiger partial charge is 0.322 e. The number of benzene rings is 3. The average Bonchev–Trinajstić information content (AvgIpc) is 2.69. The molecule has 2 N–H and O–H groups in total. The van der Waals surface area contributed by atoms with Crippen LogP contribution in [0.3, 0.4) is 0 Å². The first-order valence-corrected chi connectivity index (χ1v) is 10.5. The van der Waals surface area contributed by atoms with E-state index in [0.29, 0.717) is 11.4 Å². The van der Waals surface area contributed by atoms with E-state index >= 15 is 0 Å². The number of rotatable bonds is 6. The summed E-state index contributed by atoms with van der Waals surface area (Å²) in [7, 11) is -3.80. The number of hydrogen-bond donors (Lipinski definition) is 2. The zero-order chi connectivity index (χ0) is 21.9. The minimum Gasteiger partial charge on any atom is -0.322 e. The highest BCUT2D eigenvalue weighted by Gasteiger charge is 2.17. The Bertz CT molecular complexity index is 1230. The number of anilines is 2. The van der Waals surface area contributed by atoms with Crippen LogP contribution in [0, 0.1) is 17.0 Å². The van der Waals surface area contributed by atoms with Crippen molar-refractivity contribution < 1.29 is 18.1 Å². The van der Waals surface area contributed by atoms with Gasteiger partial charge in [-0.25, -0.2) is 8.42 Å². The molecule has 30 heavy (non-hydrogen) atoms. The number of nitro benzene ring substituents is 1. The predicted molar refractivity (Wildman–Crippen MR) is 114 cm³/mol. The normalized spacial score (nSPS) is 11.0. The quantitative estimate of drug-likeness (QED) is 0.424. The van der Waals surface area contributed by atoms with Crippen molar-refractivity contribution in [2.75, 3.05) is 10.0 Å². The SMILES string of the molecule is Cc1ccccc1NS(=O)(=O)c1ccc(NC(=O)c2ccc([N+](=O)[O-])cc2Cl)cc1. The van der Waals surface area contributed by atoms with Crippen molar-refractivity contribution in [2.45, 2.75) is 11.8 Å². The van der Waals surface area contributed by atoms with Crippen LogP contribution in [0.2, 0.25) is 5.02 Å². The van der Waals surface area contributed by atoms with Crippen molar-refractivity contribution in [2.24, 2.45) is 0 Å². The van der Waals surface area contributed by atoms with Gasteiger partial charge in [0.05, 0.1) is 26.1 Å². The van der Waals surface area contributed by atoms with Gasteiger partial charge < -0.3 is 5.32 Å². The number of nitro groups is 1. The Morgan fingerprint density at radius 1 is 1.03 bits per heavy atom. The lowest BCUT2D eigenvalue weighted by Crippen LogP contribution is -2.15. The fraction of sp³-hybridized carbons (Fsp3) is 0.0500. The van der Waals surface area contributed by atoms with Gasteiger partial charge in [0.25, 0.3) is 21.6 Å². The highest BCUT2D eigenvalue weighted by molar-refractivity contribution is 7.92. The van der Waals surface area contributed by atoms with Crippen LogP contribution in [0.25, 0.3) is 0 Å². The molecule has 0 aliphatic rings. The zero-order valence-electron chi connectivity index (χ0n) is 15.6. The minimum absolute atomic E-state index is 0.0251. The summed E-state index contributed by atoms with van der Waals surface area (Å²) < 4.78 is 27.7. The van der Waals surface area contributed by atoms with Gasteiger partial charge in [0.15, 0.2) is 0 Å². The Hall–Kier alpha value is -3.43. The molecule has 0 aliphatic heterocycles. The van der Waals surface area contributed by atoms with Gasteiger partial charge in [0.1, 0.15) is 0 Å². The second kappa shape index (κ2) is 8.52. The number of nitrogens with one attached hydrogen (secondary N) is 2. The summed E-state index contributed by atoms with van der Waals surface area (Å²) in [4.78, 5) is 22.6. The summed E-state index contributed by atoms with van der Waals surface area (Å²) in [6, 6.07) is 16.1. The molecule has 0 bridgehead atoms. The van der Waals surface area contributed by atoms with Gasteiger partial charge in [0, 0.05) is 17.8 Å². The van der Waals surface area contributed by atoms with Crippen molar-refractivity contribution in [3.63, 3.8) is 0 Å². The summed E-state index contributed by atoms with van der Waals surface area (Å²) >= 11 is 5.96. The first-order chi connectivity index (χ1) is 14.2. The highest BCUT2D eigenvalue weighted by Crippen LogP contribution is 2.24. The topological polar surface area (TPSA) is 118 Å². The van der Waals surface area contributed by atoms with Gasteiger partial charge in [-0.05, 0) is 48.9 Å². The molecule has 0 aliphatic carbocycles. The van der Waals surface area contributed by atoms with E-state index in [1.807, 2.05) is 6.07 Å². The van der Waals surface area contributed by atoms with Crippen LogP contribution in [0.5, 0.6) is 0 Å². The number of hydrogen-bond acceptors (Lipinski definition) is 5. The van der Waals surface area contributed by atoms with Gasteiger partial charge in [-0.15, -0.1) is 0 Å². The van der Waals surface area contributed by atoms with E-state index in [1.165, 1.54) is 36.4 Å². The van der Waals surface area contributed by atoms with E-state index in [-0.39, 0.29) is 21.2 Å². The molecule has 3 rings (SSSR count). The number of aryl methyl sites for hydroxylation is 1. The van der Waals surface area contributed by atoms with E-state index in [1.54, 1.807) is 25.1 Å². The molecule has 8 nitrogen and oxygen atoms in total. The fourth-order valence-corrected chi connectivity index (χ4v) is 4.00. The van der Waals surface area contributed by atoms with Crippen LogP contribution in [0.15, 0.2) is 71.6 Å². The van der Waals surface area contributed by atoms with Crippen molar-refractivity contribution >= 4 is 44.6 Å². The molecule has 154 valence electrons. The number of carbonyl (C=O) groups is 1. The Labute approximate surface area is 177 Å². The number of halogens is 1. The average molecular weight is 446 g/mol. The minimum atomic E-state index is -3.80. The maximum Gasteiger partial charge on any atom is 0.270 e. The Morgan fingerprint density at radius 2 is 1.70 bits per heavy atom. The molecule has 0 unspecified atom stereocenters. The molecule has 0 spiro atoms. The fourth-order valence-electron chi connectivity index (χ4n) is 2.61. The summed E-state index contributed by atoms with van der Waals surface area (Å²) in [5.74, 6) is -0.580. The summed E-state index contributed by atoms with van der Waals surface area (Å²) in [6.45, 7) is 1.79. The van der Waals surface area contributed by atoms with Gasteiger partial charge in [0.2, 0.25) is 0 Å². The lowest BCUT2D eigenvalue weighted by atomic mass is 10.2. The maximum absolute atomic E-state index is 12.6. The molecule has 0 heterocycles. The van der Waals surface area contributed by atoms with Crippen molar-refractivity contribution in [3.05, 3.63) is 93.0 Å². The Kier molecular flexibility index (Phi) is 6.04. The van der Waals surface area contributed by atoms with E-state index in [9.17, 15) is 23.3 Å². The maximum atomic E-state index is 12.6. The van der Waals surface area contributed by atoms with Gasteiger partial charge in [-0.1, -0.05) is 29.8 Å². The molecule has 3 aromatic rings. The zero-order valence-corrected chi connectivity index (χ0v) is 17.2. The van der Waals surface area contributed by atoms with E-state index < -0.39 is 20.9 Å². The number of amides is 1. The molecular formula is C20H16ClN3O5S. The van der Waals surface area contributed by atoms with Crippen LogP contribution in [-0.4, -0.2) is 19.2 Å². The van der Waals surface area contributed by atoms with E-state index in [4.69, 9.17) is 11.6 Å². The lowest BCUT2D eigenvalue weighted by molar-refractivity contribution is -0.384. The number of carbonyl (C=O) groups excluding carboxylic acids is 1. The van der Waals surface area contributed by atoms with Crippen LogP contribution < -0.4 is 10.0 Å². The first-order valence-electron chi connectivity index (χ1n) is 8.61. The number of non-ortho nitro benzene ring substituents is 1. The molecule has 0 fully saturated rings. The monoisotopic (exact) mass is 445 g/mol. The number of nitrogens with zero attached hydrogens (tertiary/aromatic N) is 1. The van der Waals surface area contributed by atoms with Crippen molar-refractivity contribution in [1.82, 2.24) is 0 Å². The number of para-hydroxylation sites is 1. The lowest BCUT2D eigenvalue weighted by Gasteiger charge is -2.11. The van der Waals surface area contributed by atoms with Gasteiger partial charge in [-0.2, -0.15) is 0 Å². The van der Waals surface area contributed by atoms with Crippen molar-refractivity contribution in [3.8, 4) is 0 Å². The second-order valence-electron chi connectivity index (χ2n) is 6.32. The Balaban J connectivity index is 1.75. The molecule has 10 heteroatoms. The molecule has 0 saturated carbocycles. The van der Waals surface area contributed by atoms with Gasteiger partial charge in [-0.3, -0.25) is 19.6 Å². The highest BCUT2D eigenvalue weighted by atomic mass is 35.5. The van der Waals surface area contributed by atoms with Crippen LogP contribution in [0.1, 0.15) is 15.9 Å². The molecule has 0 radical (unpaired) electrons. The van der Waals surface area contributed by atoms with Crippen LogP contribution in [-0.2, 0) is 10.0 Å². The third kappa shape index (κ3) is 4.76. The Morgan fingerprint density at radius 3 is 2.30 bits per heavy atom. The summed E-state index contributed by atoms with van der Waals surface area (Å²) in [6.07, 6.45) is 0. The third-order valence-corrected chi connectivity index (χ3v) is 5.91. The van der Waals surface area contributed by atoms with E-state index in [2.05, 4.69) is 10.0 Å². The summed E-state index contributed by atoms with van der Waals surface area (Å²) in [5, 5.41) is 13.3. The molecule has 3 aromatic carbocycles. The predicted octanol–water partition coefficient (Wildman–Crippen LogP) is 4.61. The van der Waals surface area contributed by atoms with Crippen LogP contribution >= 0.6 is 11.6 Å². The first kappa shape index (κ1) is 21.3. The smallest absolute Gasteiger partial charge is 0.270 e. The second-order valence-corrected chi connectivity index (χ2v) is 8.41.